The SMILES string of the molecule is CC(C)CCC(C)NCC1CCCOC1. The molecule has 1 rings (SSSR count). The van der Waals surface area contributed by atoms with Crippen LogP contribution in [0.5, 0.6) is 0 Å². The van der Waals surface area contributed by atoms with Crippen molar-refractivity contribution in [1.29, 1.82) is 0 Å². The van der Waals surface area contributed by atoms with Crippen LogP contribution in [0.1, 0.15) is 46.5 Å². The Morgan fingerprint density at radius 2 is 2.07 bits per heavy atom. The summed E-state index contributed by atoms with van der Waals surface area (Å²) in [6.45, 7) is 9.96. The standard InChI is InChI=1S/C13H27NO/c1-11(2)6-7-12(3)14-9-13-5-4-8-15-10-13/h11-14H,4-10H2,1-3H3. The van der Waals surface area contributed by atoms with E-state index in [9.17, 15) is 0 Å². The molecular weight excluding hydrogens is 186 g/mol. The van der Waals surface area contributed by atoms with E-state index in [0.717, 1.165) is 31.6 Å². The summed E-state index contributed by atoms with van der Waals surface area (Å²) in [6.07, 6.45) is 5.21. The molecule has 1 saturated heterocycles. The van der Waals surface area contributed by atoms with E-state index in [4.69, 9.17) is 4.74 Å². The number of rotatable bonds is 6. The van der Waals surface area contributed by atoms with E-state index in [1.165, 1.54) is 25.7 Å². The van der Waals surface area contributed by atoms with Crippen molar-refractivity contribution in [2.45, 2.75) is 52.5 Å². The van der Waals surface area contributed by atoms with Crippen molar-refractivity contribution in [2.75, 3.05) is 19.8 Å². The van der Waals surface area contributed by atoms with Gasteiger partial charge in [-0.3, -0.25) is 0 Å². The van der Waals surface area contributed by atoms with E-state index >= 15 is 0 Å². The molecule has 1 aliphatic heterocycles. The van der Waals surface area contributed by atoms with E-state index in [2.05, 4.69) is 26.1 Å². The summed E-state index contributed by atoms with van der Waals surface area (Å²) < 4.78 is 5.47. The van der Waals surface area contributed by atoms with E-state index in [-0.39, 0.29) is 0 Å². The Morgan fingerprint density at radius 3 is 2.67 bits per heavy atom. The van der Waals surface area contributed by atoms with Crippen LogP contribution in [0.2, 0.25) is 0 Å². The van der Waals surface area contributed by atoms with Crippen LogP contribution in [0.15, 0.2) is 0 Å². The molecule has 2 heteroatoms. The van der Waals surface area contributed by atoms with Crippen molar-refractivity contribution in [3.05, 3.63) is 0 Å². The lowest BCUT2D eigenvalue weighted by Gasteiger charge is -2.24. The highest BCUT2D eigenvalue weighted by molar-refractivity contribution is 4.69. The zero-order valence-corrected chi connectivity index (χ0v) is 10.6. The predicted molar refractivity (Wildman–Crippen MR) is 65.1 cm³/mol. The van der Waals surface area contributed by atoms with Gasteiger partial charge in [0.15, 0.2) is 0 Å². The Morgan fingerprint density at radius 1 is 1.27 bits per heavy atom. The summed E-state index contributed by atoms with van der Waals surface area (Å²) >= 11 is 0. The fourth-order valence-corrected chi connectivity index (χ4v) is 2.02. The summed E-state index contributed by atoms with van der Waals surface area (Å²) in [4.78, 5) is 0. The molecule has 2 atom stereocenters. The summed E-state index contributed by atoms with van der Waals surface area (Å²) in [7, 11) is 0. The van der Waals surface area contributed by atoms with Gasteiger partial charge in [0.25, 0.3) is 0 Å². The number of hydrogen-bond donors (Lipinski definition) is 1. The Labute approximate surface area is 94.8 Å². The van der Waals surface area contributed by atoms with Gasteiger partial charge < -0.3 is 10.1 Å². The molecule has 0 aromatic heterocycles. The normalized spacial score (nSPS) is 24.4. The van der Waals surface area contributed by atoms with E-state index in [1.54, 1.807) is 0 Å². The molecule has 15 heavy (non-hydrogen) atoms. The highest BCUT2D eigenvalue weighted by Crippen LogP contribution is 2.13. The zero-order chi connectivity index (χ0) is 11.1. The second-order valence-corrected chi connectivity index (χ2v) is 5.36. The minimum Gasteiger partial charge on any atom is -0.381 e. The van der Waals surface area contributed by atoms with Crippen molar-refractivity contribution in [1.82, 2.24) is 5.32 Å². The largest absolute Gasteiger partial charge is 0.381 e. The lowest BCUT2D eigenvalue weighted by atomic mass is 10.0. The quantitative estimate of drug-likeness (QED) is 0.732. The van der Waals surface area contributed by atoms with Crippen LogP contribution in [0.25, 0.3) is 0 Å². The zero-order valence-electron chi connectivity index (χ0n) is 10.6. The molecule has 0 saturated carbocycles. The smallest absolute Gasteiger partial charge is 0.0506 e. The van der Waals surface area contributed by atoms with Gasteiger partial charge in [0.1, 0.15) is 0 Å². The molecule has 0 radical (unpaired) electrons. The Balaban J connectivity index is 2.02. The average molecular weight is 213 g/mol. The van der Waals surface area contributed by atoms with E-state index < -0.39 is 0 Å². The molecule has 2 unspecified atom stereocenters. The van der Waals surface area contributed by atoms with Gasteiger partial charge in [0.2, 0.25) is 0 Å². The summed E-state index contributed by atoms with van der Waals surface area (Å²) in [5.41, 5.74) is 0. The van der Waals surface area contributed by atoms with Gasteiger partial charge in [-0.1, -0.05) is 13.8 Å². The van der Waals surface area contributed by atoms with Gasteiger partial charge >= 0.3 is 0 Å². The van der Waals surface area contributed by atoms with Gasteiger partial charge in [-0.15, -0.1) is 0 Å². The first kappa shape index (κ1) is 13.0. The number of nitrogens with one attached hydrogen (secondary N) is 1. The number of hydrogen-bond acceptors (Lipinski definition) is 2. The Kier molecular flexibility index (Phi) is 6.26. The minimum atomic E-state index is 0.661. The Hall–Kier alpha value is -0.0800. The van der Waals surface area contributed by atoms with E-state index in [0.29, 0.717) is 6.04 Å². The van der Waals surface area contributed by atoms with Crippen LogP contribution in [-0.2, 0) is 4.74 Å². The molecule has 2 nitrogen and oxygen atoms in total. The van der Waals surface area contributed by atoms with E-state index in [1.807, 2.05) is 0 Å². The summed E-state index contributed by atoms with van der Waals surface area (Å²) in [6, 6.07) is 0.661. The molecule has 1 heterocycles. The van der Waals surface area contributed by atoms with Crippen LogP contribution in [0.3, 0.4) is 0 Å². The Bertz CT molecular complexity index is 153. The minimum absolute atomic E-state index is 0.661. The summed E-state index contributed by atoms with van der Waals surface area (Å²) in [5, 5.41) is 3.63. The average Bonchev–Trinajstić information content (AvgIpc) is 2.25. The molecule has 90 valence electrons. The van der Waals surface area contributed by atoms with Gasteiger partial charge in [-0.05, 0) is 44.4 Å². The molecule has 0 aromatic rings. The first-order chi connectivity index (χ1) is 7.18. The van der Waals surface area contributed by atoms with Crippen LogP contribution < -0.4 is 5.32 Å². The van der Waals surface area contributed by atoms with Crippen molar-refractivity contribution < 1.29 is 4.74 Å². The first-order valence-corrected chi connectivity index (χ1v) is 6.49. The number of ether oxygens (including phenoxy) is 1. The highest BCUT2D eigenvalue weighted by Gasteiger charge is 2.14. The van der Waals surface area contributed by atoms with Crippen LogP contribution in [0.4, 0.5) is 0 Å². The second-order valence-electron chi connectivity index (χ2n) is 5.36. The van der Waals surface area contributed by atoms with Crippen molar-refractivity contribution in [3.63, 3.8) is 0 Å². The van der Waals surface area contributed by atoms with Gasteiger partial charge in [0.05, 0.1) is 6.61 Å². The maximum Gasteiger partial charge on any atom is 0.0506 e. The summed E-state index contributed by atoms with van der Waals surface area (Å²) in [5.74, 6) is 1.58. The van der Waals surface area contributed by atoms with Crippen LogP contribution in [0, 0.1) is 11.8 Å². The highest BCUT2D eigenvalue weighted by atomic mass is 16.5. The third kappa shape index (κ3) is 6.16. The molecule has 0 aromatic carbocycles. The first-order valence-electron chi connectivity index (χ1n) is 6.49. The van der Waals surface area contributed by atoms with Crippen molar-refractivity contribution >= 4 is 0 Å². The van der Waals surface area contributed by atoms with Crippen LogP contribution in [-0.4, -0.2) is 25.8 Å². The lowest BCUT2D eigenvalue weighted by Crippen LogP contribution is -2.34. The van der Waals surface area contributed by atoms with Gasteiger partial charge in [0, 0.05) is 19.2 Å². The topological polar surface area (TPSA) is 21.3 Å². The van der Waals surface area contributed by atoms with Crippen molar-refractivity contribution in [2.24, 2.45) is 11.8 Å². The maximum atomic E-state index is 5.47. The van der Waals surface area contributed by atoms with Crippen molar-refractivity contribution in [3.8, 4) is 0 Å². The lowest BCUT2D eigenvalue weighted by molar-refractivity contribution is 0.0538. The fourth-order valence-electron chi connectivity index (χ4n) is 2.02. The van der Waals surface area contributed by atoms with Gasteiger partial charge in [-0.25, -0.2) is 0 Å². The molecule has 0 bridgehead atoms. The molecule has 1 aliphatic rings. The molecule has 0 amide bonds. The maximum absolute atomic E-state index is 5.47. The molecule has 1 fully saturated rings. The molecule has 0 aliphatic carbocycles. The second kappa shape index (κ2) is 7.24. The molecule has 1 N–H and O–H groups in total. The third-order valence-corrected chi connectivity index (χ3v) is 3.19. The van der Waals surface area contributed by atoms with Gasteiger partial charge in [-0.2, -0.15) is 0 Å². The third-order valence-electron chi connectivity index (χ3n) is 3.19. The predicted octanol–water partition coefficient (Wildman–Crippen LogP) is 2.83. The fraction of sp³-hybridized carbons (Fsp3) is 1.00. The van der Waals surface area contributed by atoms with Crippen LogP contribution >= 0.6 is 0 Å². The molecule has 0 spiro atoms. The monoisotopic (exact) mass is 213 g/mol. The molecular formula is C13H27NO.